The highest BCUT2D eigenvalue weighted by Crippen LogP contribution is 2.28. The Balaban J connectivity index is 0.00000784. The molecule has 0 aromatic heterocycles. The molecule has 29 heavy (non-hydrogen) atoms. The van der Waals surface area contributed by atoms with Crippen LogP contribution in [0.15, 0.2) is 4.99 Å². The lowest BCUT2D eigenvalue weighted by Gasteiger charge is -2.32. The fraction of sp³-hybridized carbons (Fsp3) is 0.941. The molecule has 174 valence electrons. The fourth-order valence-corrected chi connectivity index (χ4v) is 4.24. The van der Waals surface area contributed by atoms with Gasteiger partial charge in [-0.1, -0.05) is 13.8 Å². The van der Waals surface area contributed by atoms with E-state index in [0.29, 0.717) is 35.7 Å². The van der Waals surface area contributed by atoms with Crippen molar-refractivity contribution < 1.29 is 26.7 Å². The van der Waals surface area contributed by atoms with Crippen molar-refractivity contribution in [2.45, 2.75) is 58.0 Å². The Labute approximate surface area is 189 Å². The summed E-state index contributed by atoms with van der Waals surface area (Å²) in [5.74, 6) is 1.30. The van der Waals surface area contributed by atoms with Crippen molar-refractivity contribution >= 4 is 40.0 Å². The monoisotopic (exact) mass is 558 g/mol. The van der Waals surface area contributed by atoms with Gasteiger partial charge in [0.1, 0.15) is 0 Å². The van der Waals surface area contributed by atoms with Gasteiger partial charge in [0.2, 0.25) is 0 Å². The van der Waals surface area contributed by atoms with E-state index in [9.17, 15) is 26.7 Å². The lowest BCUT2D eigenvalue weighted by atomic mass is 9.94. The van der Waals surface area contributed by atoms with E-state index in [4.69, 9.17) is 0 Å². The maximum Gasteiger partial charge on any atom is 0.511 e. The average Bonchev–Trinajstić information content (AvgIpc) is 2.59. The number of aliphatic hydroxyl groups excluding tert-OH is 1. The van der Waals surface area contributed by atoms with Crippen LogP contribution < -0.4 is 10.6 Å². The SMILES string of the molecule is CCNC(=NCC(CCO)CC(C)C)NC1CCN(S(=O)(=O)C(F)(F)F)CC1.I. The quantitative estimate of drug-likeness (QED) is 0.230. The van der Waals surface area contributed by atoms with Gasteiger partial charge in [-0.05, 0) is 44.4 Å². The van der Waals surface area contributed by atoms with E-state index < -0.39 is 15.5 Å². The molecule has 0 spiro atoms. The zero-order valence-electron chi connectivity index (χ0n) is 17.2. The molecular formula is C17H34F3IN4O3S. The minimum atomic E-state index is -5.26. The first kappa shape index (κ1) is 28.7. The van der Waals surface area contributed by atoms with Crippen LogP contribution in [0, 0.1) is 11.8 Å². The fourth-order valence-electron chi connectivity index (χ4n) is 3.25. The molecule has 0 saturated carbocycles. The number of halogens is 4. The zero-order valence-corrected chi connectivity index (χ0v) is 20.4. The molecule has 1 saturated heterocycles. The predicted molar refractivity (Wildman–Crippen MR) is 119 cm³/mol. The summed E-state index contributed by atoms with van der Waals surface area (Å²) in [6.45, 7) is 7.04. The van der Waals surface area contributed by atoms with E-state index in [-0.39, 0.29) is 68.5 Å². The van der Waals surface area contributed by atoms with Gasteiger partial charge < -0.3 is 15.7 Å². The highest BCUT2D eigenvalue weighted by molar-refractivity contribution is 14.0. The van der Waals surface area contributed by atoms with Gasteiger partial charge >= 0.3 is 15.5 Å². The van der Waals surface area contributed by atoms with Crippen LogP contribution in [0.4, 0.5) is 13.2 Å². The molecule has 1 atom stereocenters. The summed E-state index contributed by atoms with van der Waals surface area (Å²) in [7, 11) is -5.26. The maximum absolute atomic E-state index is 12.7. The standard InChI is InChI=1S/C17H33F3N4O3S.HI/c1-4-21-16(22-12-14(7-10-25)11-13(2)3)23-15-5-8-24(9-6-15)28(26,27)17(18,19)20;/h13-15,25H,4-12H2,1-3H3,(H2,21,22,23);1H. The molecule has 0 aromatic carbocycles. The number of alkyl halides is 3. The van der Waals surface area contributed by atoms with Crippen LogP contribution >= 0.6 is 24.0 Å². The summed E-state index contributed by atoms with van der Waals surface area (Å²) in [5.41, 5.74) is -5.26. The molecule has 0 aromatic rings. The van der Waals surface area contributed by atoms with Crippen molar-refractivity contribution in [1.82, 2.24) is 14.9 Å². The third-order valence-corrected chi connectivity index (χ3v) is 6.25. The normalized spacial score (nSPS) is 18.4. The summed E-state index contributed by atoms with van der Waals surface area (Å²) < 4.78 is 61.5. The van der Waals surface area contributed by atoms with Crippen LogP contribution in [0.3, 0.4) is 0 Å². The minimum Gasteiger partial charge on any atom is -0.396 e. The van der Waals surface area contributed by atoms with Crippen molar-refractivity contribution in [3.05, 3.63) is 0 Å². The summed E-state index contributed by atoms with van der Waals surface area (Å²) >= 11 is 0. The first-order chi connectivity index (χ1) is 13.0. The average molecular weight is 558 g/mol. The van der Waals surface area contributed by atoms with Gasteiger partial charge in [0, 0.05) is 38.8 Å². The number of aliphatic imine (C=N–C) groups is 1. The lowest BCUT2D eigenvalue weighted by molar-refractivity contribution is -0.0494. The van der Waals surface area contributed by atoms with Crippen LogP contribution in [0.1, 0.15) is 46.5 Å². The lowest BCUT2D eigenvalue weighted by Crippen LogP contribution is -2.51. The van der Waals surface area contributed by atoms with E-state index in [1.165, 1.54) is 0 Å². The summed E-state index contributed by atoms with van der Waals surface area (Å²) in [4.78, 5) is 4.56. The largest absolute Gasteiger partial charge is 0.511 e. The second-order valence-corrected chi connectivity index (χ2v) is 9.43. The van der Waals surface area contributed by atoms with Crippen LogP contribution in [0.5, 0.6) is 0 Å². The molecule has 0 aliphatic carbocycles. The number of hydrogen-bond donors (Lipinski definition) is 3. The van der Waals surface area contributed by atoms with Crippen molar-refractivity contribution in [1.29, 1.82) is 0 Å². The number of nitrogens with zero attached hydrogens (tertiary/aromatic N) is 2. The van der Waals surface area contributed by atoms with Crippen LogP contribution in [-0.4, -0.2) is 68.1 Å². The number of piperidine rings is 1. The van der Waals surface area contributed by atoms with Gasteiger partial charge in [-0.3, -0.25) is 4.99 Å². The Morgan fingerprint density at radius 3 is 2.31 bits per heavy atom. The van der Waals surface area contributed by atoms with Crippen molar-refractivity contribution in [2.24, 2.45) is 16.8 Å². The van der Waals surface area contributed by atoms with E-state index in [2.05, 4.69) is 29.5 Å². The van der Waals surface area contributed by atoms with Gasteiger partial charge in [0.15, 0.2) is 5.96 Å². The van der Waals surface area contributed by atoms with E-state index in [1.54, 1.807) is 0 Å². The summed E-state index contributed by atoms with van der Waals surface area (Å²) in [6.07, 6.45) is 2.14. The number of sulfonamides is 1. The molecule has 12 heteroatoms. The second-order valence-electron chi connectivity index (χ2n) is 7.50. The van der Waals surface area contributed by atoms with Crippen LogP contribution in [0.2, 0.25) is 0 Å². The zero-order chi connectivity index (χ0) is 21.4. The number of guanidine groups is 1. The van der Waals surface area contributed by atoms with Crippen LogP contribution in [0.25, 0.3) is 0 Å². The van der Waals surface area contributed by atoms with E-state index in [0.717, 1.165) is 6.42 Å². The molecule has 1 aliphatic heterocycles. The van der Waals surface area contributed by atoms with Gasteiger partial charge in [-0.25, -0.2) is 8.42 Å². The van der Waals surface area contributed by atoms with E-state index >= 15 is 0 Å². The third-order valence-electron chi connectivity index (χ3n) is 4.62. The minimum absolute atomic E-state index is 0. The Bertz CT molecular complexity index is 595. The molecule has 1 rings (SSSR count). The molecule has 3 N–H and O–H groups in total. The molecule has 0 radical (unpaired) electrons. The Morgan fingerprint density at radius 2 is 1.86 bits per heavy atom. The molecule has 1 heterocycles. The Morgan fingerprint density at radius 1 is 1.28 bits per heavy atom. The topological polar surface area (TPSA) is 94.0 Å². The van der Waals surface area contributed by atoms with Gasteiger partial charge in [0.25, 0.3) is 0 Å². The highest BCUT2D eigenvalue weighted by atomic mass is 127. The highest BCUT2D eigenvalue weighted by Gasteiger charge is 2.50. The first-order valence-corrected chi connectivity index (χ1v) is 11.2. The molecule has 1 fully saturated rings. The number of rotatable bonds is 9. The van der Waals surface area contributed by atoms with Crippen molar-refractivity contribution in [3.8, 4) is 0 Å². The molecular weight excluding hydrogens is 524 g/mol. The molecule has 7 nitrogen and oxygen atoms in total. The molecule has 0 amide bonds. The third kappa shape index (κ3) is 9.55. The van der Waals surface area contributed by atoms with Gasteiger partial charge in [-0.15, -0.1) is 24.0 Å². The smallest absolute Gasteiger partial charge is 0.396 e. The number of aliphatic hydroxyl groups is 1. The maximum atomic E-state index is 12.7. The number of nitrogens with one attached hydrogen (secondary N) is 2. The molecule has 1 aliphatic rings. The number of hydrogen-bond acceptors (Lipinski definition) is 4. The Hall–Kier alpha value is -0.340. The van der Waals surface area contributed by atoms with Crippen LogP contribution in [-0.2, 0) is 10.0 Å². The molecule has 1 unspecified atom stereocenters. The van der Waals surface area contributed by atoms with Gasteiger partial charge in [0.05, 0.1) is 0 Å². The van der Waals surface area contributed by atoms with E-state index in [1.807, 2.05) is 6.92 Å². The Kier molecular flexibility index (Phi) is 13.0. The first-order valence-electron chi connectivity index (χ1n) is 9.73. The molecule has 0 bridgehead atoms. The summed E-state index contributed by atoms with van der Waals surface area (Å²) in [5, 5.41) is 15.5. The van der Waals surface area contributed by atoms with Gasteiger partial charge in [-0.2, -0.15) is 17.5 Å². The predicted octanol–water partition coefficient (Wildman–Crippen LogP) is 2.52. The van der Waals surface area contributed by atoms with Crippen molar-refractivity contribution in [2.75, 3.05) is 32.8 Å². The second kappa shape index (κ2) is 13.2. The van der Waals surface area contributed by atoms with Crippen molar-refractivity contribution in [3.63, 3.8) is 0 Å². The summed E-state index contributed by atoms with van der Waals surface area (Å²) in [6, 6.07) is -0.154.